The smallest absolute Gasteiger partial charge is 0.324 e. The van der Waals surface area contributed by atoms with E-state index in [1.807, 2.05) is 6.92 Å². The summed E-state index contributed by atoms with van der Waals surface area (Å²) < 4.78 is 0. The van der Waals surface area contributed by atoms with Crippen LogP contribution in [0.5, 0.6) is 0 Å². The number of carbonyl (C=O) groups is 1. The molecule has 1 atom stereocenters. The van der Waals surface area contributed by atoms with Gasteiger partial charge in [0.2, 0.25) is 0 Å². The van der Waals surface area contributed by atoms with Crippen LogP contribution < -0.4 is 5.32 Å². The van der Waals surface area contributed by atoms with Crippen molar-refractivity contribution in [2.24, 2.45) is 0 Å². The molecule has 0 aliphatic carbocycles. The third-order valence-electron chi connectivity index (χ3n) is 2.29. The molecule has 0 spiro atoms. The summed E-state index contributed by atoms with van der Waals surface area (Å²) >= 11 is 1.33. The summed E-state index contributed by atoms with van der Waals surface area (Å²) in [6, 6.07) is 1.80. The van der Waals surface area contributed by atoms with Gasteiger partial charge in [0.25, 0.3) is 0 Å². The van der Waals surface area contributed by atoms with E-state index < -0.39 is 11.5 Å². The summed E-state index contributed by atoms with van der Waals surface area (Å²) in [7, 11) is 1.63. The molecule has 2 N–H and O–H groups in total. The largest absolute Gasteiger partial charge is 0.480 e. The van der Waals surface area contributed by atoms with E-state index in [1.165, 1.54) is 11.8 Å². The van der Waals surface area contributed by atoms with Gasteiger partial charge >= 0.3 is 5.97 Å². The van der Waals surface area contributed by atoms with Crippen molar-refractivity contribution in [1.29, 1.82) is 0 Å². The van der Waals surface area contributed by atoms with Gasteiger partial charge in [0, 0.05) is 17.6 Å². The zero-order chi connectivity index (χ0) is 12.2. The van der Waals surface area contributed by atoms with Crippen LogP contribution in [-0.4, -0.2) is 39.4 Å². The number of rotatable bonds is 5. The molecule has 1 aromatic rings. The number of aliphatic carboxylic acids is 1. The lowest BCUT2D eigenvalue weighted by Gasteiger charge is -2.22. The highest BCUT2D eigenvalue weighted by molar-refractivity contribution is 7.99. The molecule has 0 saturated heterocycles. The number of carboxylic acids is 1. The molecule has 0 aromatic carbocycles. The van der Waals surface area contributed by atoms with E-state index in [2.05, 4.69) is 15.3 Å². The minimum Gasteiger partial charge on any atom is -0.480 e. The number of aromatic nitrogens is 2. The second-order valence-corrected chi connectivity index (χ2v) is 4.60. The van der Waals surface area contributed by atoms with Gasteiger partial charge in [-0.05, 0) is 27.0 Å². The van der Waals surface area contributed by atoms with E-state index in [4.69, 9.17) is 5.11 Å². The molecule has 16 heavy (non-hydrogen) atoms. The fourth-order valence-electron chi connectivity index (χ4n) is 0.945. The van der Waals surface area contributed by atoms with Crippen molar-refractivity contribution in [3.63, 3.8) is 0 Å². The second kappa shape index (κ2) is 5.27. The SMILES string of the molecule is CNC(C)(CSc1nccc(C)n1)C(=O)O. The van der Waals surface area contributed by atoms with Crippen molar-refractivity contribution in [1.82, 2.24) is 15.3 Å². The maximum Gasteiger partial charge on any atom is 0.324 e. The van der Waals surface area contributed by atoms with Crippen LogP contribution in [0.25, 0.3) is 0 Å². The van der Waals surface area contributed by atoms with Crippen LogP contribution in [0, 0.1) is 6.92 Å². The van der Waals surface area contributed by atoms with Crippen molar-refractivity contribution < 1.29 is 9.90 Å². The summed E-state index contributed by atoms with van der Waals surface area (Å²) in [6.45, 7) is 3.51. The topological polar surface area (TPSA) is 75.1 Å². The Labute approximate surface area is 98.7 Å². The fraction of sp³-hybridized carbons (Fsp3) is 0.500. The maximum atomic E-state index is 11.0. The summed E-state index contributed by atoms with van der Waals surface area (Å²) in [5, 5.41) is 12.4. The summed E-state index contributed by atoms with van der Waals surface area (Å²) in [6.07, 6.45) is 1.67. The molecule has 1 unspecified atom stereocenters. The average Bonchev–Trinajstić information content (AvgIpc) is 2.26. The number of nitrogens with one attached hydrogen (secondary N) is 1. The lowest BCUT2D eigenvalue weighted by Crippen LogP contribution is -2.49. The molecule has 0 radical (unpaired) electrons. The van der Waals surface area contributed by atoms with Crippen molar-refractivity contribution in [3.05, 3.63) is 18.0 Å². The van der Waals surface area contributed by atoms with Gasteiger partial charge in [-0.3, -0.25) is 4.79 Å². The van der Waals surface area contributed by atoms with Crippen LogP contribution >= 0.6 is 11.8 Å². The summed E-state index contributed by atoms with van der Waals surface area (Å²) in [5.74, 6) is -0.502. The number of hydrogen-bond acceptors (Lipinski definition) is 5. The van der Waals surface area contributed by atoms with Crippen molar-refractivity contribution in [2.45, 2.75) is 24.5 Å². The molecule has 0 amide bonds. The van der Waals surface area contributed by atoms with Crippen LogP contribution in [0.4, 0.5) is 0 Å². The predicted molar refractivity (Wildman–Crippen MR) is 62.6 cm³/mol. The highest BCUT2D eigenvalue weighted by Crippen LogP contribution is 2.19. The first-order chi connectivity index (χ1) is 7.48. The molecule has 1 rings (SSSR count). The van der Waals surface area contributed by atoms with E-state index in [1.54, 1.807) is 26.2 Å². The molecule has 1 aromatic heterocycles. The Balaban J connectivity index is 2.66. The van der Waals surface area contributed by atoms with E-state index in [0.29, 0.717) is 10.9 Å². The van der Waals surface area contributed by atoms with E-state index in [0.717, 1.165) is 5.69 Å². The summed E-state index contributed by atoms with van der Waals surface area (Å²) in [4.78, 5) is 19.3. The van der Waals surface area contributed by atoms with Crippen molar-refractivity contribution in [3.8, 4) is 0 Å². The first kappa shape index (κ1) is 12.9. The zero-order valence-electron chi connectivity index (χ0n) is 9.52. The molecule has 1 heterocycles. The number of aryl methyl sites for hydroxylation is 1. The standard InChI is InChI=1S/C10H15N3O2S/c1-7-4-5-12-9(13-7)16-6-10(2,11-3)8(14)15/h4-5,11H,6H2,1-3H3,(H,14,15). The maximum absolute atomic E-state index is 11.0. The third-order valence-corrected chi connectivity index (χ3v) is 3.46. The Morgan fingerprint density at radius 2 is 2.38 bits per heavy atom. The minimum absolute atomic E-state index is 0.377. The molecule has 0 fully saturated rings. The van der Waals surface area contributed by atoms with Gasteiger partial charge in [-0.25, -0.2) is 9.97 Å². The van der Waals surface area contributed by atoms with Crippen molar-refractivity contribution >= 4 is 17.7 Å². The zero-order valence-corrected chi connectivity index (χ0v) is 10.3. The lowest BCUT2D eigenvalue weighted by molar-refractivity contribution is -0.142. The highest BCUT2D eigenvalue weighted by Gasteiger charge is 2.31. The van der Waals surface area contributed by atoms with Crippen LogP contribution in [-0.2, 0) is 4.79 Å². The first-order valence-electron chi connectivity index (χ1n) is 4.83. The number of likely N-dealkylation sites (N-methyl/N-ethyl adjacent to an activating group) is 1. The Morgan fingerprint density at radius 1 is 1.69 bits per heavy atom. The van der Waals surface area contributed by atoms with Gasteiger partial charge in [-0.1, -0.05) is 11.8 Å². The molecule has 6 heteroatoms. The molecule has 88 valence electrons. The van der Waals surface area contributed by atoms with E-state index in [-0.39, 0.29) is 0 Å². The van der Waals surface area contributed by atoms with Crippen molar-refractivity contribution in [2.75, 3.05) is 12.8 Å². The summed E-state index contributed by atoms with van der Waals surface area (Å²) in [5.41, 5.74) is -0.0865. The molecule has 0 bridgehead atoms. The molecule has 0 aliphatic heterocycles. The second-order valence-electron chi connectivity index (χ2n) is 3.66. The van der Waals surface area contributed by atoms with Crippen LogP contribution in [0.3, 0.4) is 0 Å². The highest BCUT2D eigenvalue weighted by atomic mass is 32.2. The Bertz CT molecular complexity index is 386. The van der Waals surface area contributed by atoms with E-state index in [9.17, 15) is 4.79 Å². The quantitative estimate of drug-likeness (QED) is 0.590. The van der Waals surface area contributed by atoms with Gasteiger partial charge in [0.05, 0.1) is 0 Å². The average molecular weight is 241 g/mol. The minimum atomic E-state index is -0.961. The Hall–Kier alpha value is -1.14. The van der Waals surface area contributed by atoms with Gasteiger partial charge in [-0.15, -0.1) is 0 Å². The van der Waals surface area contributed by atoms with Crippen LogP contribution in [0.2, 0.25) is 0 Å². The van der Waals surface area contributed by atoms with Crippen LogP contribution in [0.1, 0.15) is 12.6 Å². The fourth-order valence-corrected chi connectivity index (χ4v) is 1.97. The van der Waals surface area contributed by atoms with Gasteiger partial charge in [-0.2, -0.15) is 0 Å². The molecule has 0 aliphatic rings. The monoisotopic (exact) mass is 241 g/mol. The molecular formula is C10H15N3O2S. The Kier molecular flexibility index (Phi) is 4.26. The predicted octanol–water partition coefficient (Wildman–Crippen LogP) is 0.940. The number of thioether (sulfide) groups is 1. The van der Waals surface area contributed by atoms with E-state index >= 15 is 0 Å². The lowest BCUT2D eigenvalue weighted by atomic mass is 10.1. The molecule has 5 nitrogen and oxygen atoms in total. The number of nitrogens with zero attached hydrogens (tertiary/aromatic N) is 2. The van der Waals surface area contributed by atoms with Crippen LogP contribution in [0.15, 0.2) is 17.4 Å². The first-order valence-corrected chi connectivity index (χ1v) is 5.81. The third kappa shape index (κ3) is 3.18. The number of hydrogen-bond donors (Lipinski definition) is 2. The Morgan fingerprint density at radius 3 is 2.88 bits per heavy atom. The molecule has 0 saturated carbocycles. The normalized spacial score (nSPS) is 14.4. The van der Waals surface area contributed by atoms with Gasteiger partial charge < -0.3 is 10.4 Å². The molecular weight excluding hydrogens is 226 g/mol. The van der Waals surface area contributed by atoms with Gasteiger partial charge in [0.15, 0.2) is 5.16 Å². The van der Waals surface area contributed by atoms with Gasteiger partial charge in [0.1, 0.15) is 5.54 Å². The number of carboxylic acid groups (broad SMARTS) is 1.